The molecule has 0 bridgehead atoms. The van der Waals surface area contributed by atoms with Gasteiger partial charge in [0.1, 0.15) is 0 Å². The van der Waals surface area contributed by atoms with Gasteiger partial charge in [0.15, 0.2) is 0 Å². The monoisotopic (exact) mass is 364 g/mol. The Morgan fingerprint density at radius 1 is 1.00 bits per heavy atom. The van der Waals surface area contributed by atoms with Gasteiger partial charge in [-0.2, -0.15) is 0 Å². The van der Waals surface area contributed by atoms with E-state index in [4.69, 9.17) is 9.97 Å². The molecular weight excluding hydrogens is 332 g/mol. The van der Waals surface area contributed by atoms with Crippen molar-refractivity contribution in [1.29, 1.82) is 0 Å². The van der Waals surface area contributed by atoms with Crippen LogP contribution in [0.2, 0.25) is 0 Å². The third kappa shape index (κ3) is 4.39. The lowest BCUT2D eigenvalue weighted by molar-refractivity contribution is 0.216. The molecule has 4 heterocycles. The van der Waals surface area contributed by atoms with Crippen LogP contribution in [0.4, 0.5) is 0 Å². The number of likely N-dealkylation sites (tertiary alicyclic amines) is 2. The minimum Gasteiger partial charge on any atom is -0.306 e. The summed E-state index contributed by atoms with van der Waals surface area (Å²) in [6.07, 6.45) is 10.1. The highest BCUT2D eigenvalue weighted by atomic mass is 15.2. The second-order valence-electron chi connectivity index (χ2n) is 8.39. The van der Waals surface area contributed by atoms with Crippen molar-refractivity contribution in [2.75, 3.05) is 26.7 Å². The molecule has 0 aliphatic carbocycles. The van der Waals surface area contributed by atoms with Gasteiger partial charge in [0, 0.05) is 18.9 Å². The molecule has 4 nitrogen and oxygen atoms in total. The van der Waals surface area contributed by atoms with Crippen molar-refractivity contribution in [2.24, 2.45) is 5.92 Å². The lowest BCUT2D eigenvalue weighted by Crippen LogP contribution is -2.31. The number of aromatic nitrogens is 2. The number of hydrogen-bond acceptors (Lipinski definition) is 4. The van der Waals surface area contributed by atoms with E-state index in [1.807, 2.05) is 18.5 Å². The topological polar surface area (TPSA) is 32.3 Å². The summed E-state index contributed by atoms with van der Waals surface area (Å²) in [6.45, 7) is 6.74. The summed E-state index contributed by atoms with van der Waals surface area (Å²) in [4.78, 5) is 14.6. The SMILES string of the molecule is Cc1cccnc1C1CCCN1Cc1ncccc1CC1CCN(C)CC1. The van der Waals surface area contributed by atoms with Gasteiger partial charge in [-0.1, -0.05) is 12.1 Å². The average Bonchev–Trinajstić information content (AvgIpc) is 3.13. The zero-order valence-electron chi connectivity index (χ0n) is 16.8. The van der Waals surface area contributed by atoms with Crippen LogP contribution >= 0.6 is 0 Å². The van der Waals surface area contributed by atoms with E-state index in [0.717, 1.165) is 19.0 Å². The maximum absolute atomic E-state index is 4.80. The summed E-state index contributed by atoms with van der Waals surface area (Å²) in [5, 5.41) is 0. The first kappa shape index (κ1) is 18.6. The lowest BCUT2D eigenvalue weighted by Gasteiger charge is -2.30. The highest BCUT2D eigenvalue weighted by Gasteiger charge is 2.29. The molecule has 4 rings (SSSR count). The van der Waals surface area contributed by atoms with Crippen molar-refractivity contribution in [2.45, 2.75) is 51.6 Å². The summed E-state index contributed by atoms with van der Waals surface area (Å²) >= 11 is 0. The van der Waals surface area contributed by atoms with Gasteiger partial charge < -0.3 is 4.90 Å². The van der Waals surface area contributed by atoms with Crippen LogP contribution in [0.1, 0.15) is 54.2 Å². The normalized spacial score (nSPS) is 22.4. The molecule has 2 aromatic rings. The van der Waals surface area contributed by atoms with Crippen LogP contribution in [0.25, 0.3) is 0 Å². The standard InChI is InChI=1S/C23H32N4/c1-18-6-3-12-25-23(18)22-8-5-13-27(22)17-21-20(7-4-11-24-21)16-19-9-14-26(2)15-10-19/h3-4,6-7,11-12,19,22H,5,8-10,13-17H2,1-2H3. The molecule has 0 spiro atoms. The van der Waals surface area contributed by atoms with E-state index in [0.29, 0.717) is 6.04 Å². The van der Waals surface area contributed by atoms with Crippen LogP contribution < -0.4 is 0 Å². The van der Waals surface area contributed by atoms with E-state index in [1.54, 1.807) is 0 Å². The van der Waals surface area contributed by atoms with Gasteiger partial charge in [-0.05, 0) is 94.9 Å². The van der Waals surface area contributed by atoms with Crippen LogP contribution in [-0.2, 0) is 13.0 Å². The number of aryl methyl sites for hydroxylation is 1. The fourth-order valence-corrected chi connectivity index (χ4v) is 4.74. The van der Waals surface area contributed by atoms with Crippen molar-refractivity contribution < 1.29 is 0 Å². The molecule has 0 amide bonds. The van der Waals surface area contributed by atoms with E-state index in [-0.39, 0.29) is 0 Å². The smallest absolute Gasteiger partial charge is 0.0604 e. The van der Waals surface area contributed by atoms with Crippen LogP contribution in [0, 0.1) is 12.8 Å². The van der Waals surface area contributed by atoms with Crippen molar-refractivity contribution in [1.82, 2.24) is 19.8 Å². The first-order chi connectivity index (χ1) is 13.2. The Labute approximate surface area is 163 Å². The highest BCUT2D eigenvalue weighted by molar-refractivity contribution is 5.24. The third-order valence-corrected chi connectivity index (χ3v) is 6.41. The molecule has 0 N–H and O–H groups in total. The zero-order chi connectivity index (χ0) is 18.6. The number of rotatable bonds is 5. The average molecular weight is 365 g/mol. The van der Waals surface area contributed by atoms with Crippen LogP contribution in [-0.4, -0.2) is 46.4 Å². The van der Waals surface area contributed by atoms with E-state index in [9.17, 15) is 0 Å². The zero-order valence-corrected chi connectivity index (χ0v) is 16.8. The quantitative estimate of drug-likeness (QED) is 0.802. The van der Waals surface area contributed by atoms with Crippen LogP contribution in [0.15, 0.2) is 36.7 Å². The molecule has 0 aromatic carbocycles. The van der Waals surface area contributed by atoms with Crippen molar-refractivity contribution >= 4 is 0 Å². The van der Waals surface area contributed by atoms with Gasteiger partial charge in [-0.3, -0.25) is 14.9 Å². The minimum absolute atomic E-state index is 0.435. The van der Waals surface area contributed by atoms with Crippen molar-refractivity contribution in [3.05, 3.63) is 59.2 Å². The van der Waals surface area contributed by atoms with Gasteiger partial charge >= 0.3 is 0 Å². The number of piperidine rings is 1. The first-order valence-electron chi connectivity index (χ1n) is 10.5. The summed E-state index contributed by atoms with van der Waals surface area (Å²) in [5.41, 5.74) is 5.29. The van der Waals surface area contributed by atoms with Gasteiger partial charge in [-0.15, -0.1) is 0 Å². The molecule has 4 heteroatoms. The predicted octanol–water partition coefficient (Wildman–Crippen LogP) is 4.01. The maximum Gasteiger partial charge on any atom is 0.0604 e. The number of nitrogens with zero attached hydrogens (tertiary/aromatic N) is 4. The molecule has 2 fully saturated rings. The molecule has 144 valence electrons. The Bertz CT molecular complexity index is 752. The second kappa shape index (κ2) is 8.49. The van der Waals surface area contributed by atoms with Crippen LogP contribution in [0.5, 0.6) is 0 Å². The summed E-state index contributed by atoms with van der Waals surface area (Å²) < 4.78 is 0. The van der Waals surface area contributed by atoms with Crippen LogP contribution in [0.3, 0.4) is 0 Å². The fraction of sp³-hybridized carbons (Fsp3) is 0.565. The summed E-state index contributed by atoms with van der Waals surface area (Å²) in [6, 6.07) is 9.07. The minimum atomic E-state index is 0.435. The lowest BCUT2D eigenvalue weighted by atomic mass is 9.89. The van der Waals surface area contributed by atoms with E-state index in [1.165, 1.54) is 67.7 Å². The van der Waals surface area contributed by atoms with Crippen molar-refractivity contribution in [3.8, 4) is 0 Å². The molecular formula is C23H32N4. The van der Waals surface area contributed by atoms with E-state index >= 15 is 0 Å². The number of pyridine rings is 2. The Morgan fingerprint density at radius 3 is 2.59 bits per heavy atom. The summed E-state index contributed by atoms with van der Waals surface area (Å²) in [7, 11) is 2.23. The first-order valence-corrected chi connectivity index (χ1v) is 10.5. The molecule has 2 saturated heterocycles. The molecule has 0 radical (unpaired) electrons. The molecule has 2 aromatic heterocycles. The van der Waals surface area contributed by atoms with Gasteiger partial charge in [0.05, 0.1) is 17.4 Å². The second-order valence-corrected chi connectivity index (χ2v) is 8.39. The Balaban J connectivity index is 1.48. The molecule has 27 heavy (non-hydrogen) atoms. The van der Waals surface area contributed by atoms with Crippen molar-refractivity contribution in [3.63, 3.8) is 0 Å². The van der Waals surface area contributed by atoms with E-state index < -0.39 is 0 Å². The van der Waals surface area contributed by atoms with E-state index in [2.05, 4.69) is 42.0 Å². The molecule has 2 aliphatic heterocycles. The number of hydrogen-bond donors (Lipinski definition) is 0. The van der Waals surface area contributed by atoms with Gasteiger partial charge in [0.25, 0.3) is 0 Å². The Kier molecular flexibility index (Phi) is 5.84. The fourth-order valence-electron chi connectivity index (χ4n) is 4.74. The third-order valence-electron chi connectivity index (χ3n) is 6.41. The Morgan fingerprint density at radius 2 is 1.78 bits per heavy atom. The molecule has 1 atom stereocenters. The Hall–Kier alpha value is -1.78. The molecule has 0 saturated carbocycles. The highest BCUT2D eigenvalue weighted by Crippen LogP contribution is 2.34. The van der Waals surface area contributed by atoms with Gasteiger partial charge in [0.2, 0.25) is 0 Å². The predicted molar refractivity (Wildman–Crippen MR) is 110 cm³/mol. The largest absolute Gasteiger partial charge is 0.306 e. The molecule has 2 aliphatic rings. The maximum atomic E-state index is 4.80. The van der Waals surface area contributed by atoms with Gasteiger partial charge in [-0.25, -0.2) is 0 Å². The summed E-state index contributed by atoms with van der Waals surface area (Å²) in [5.74, 6) is 0.802. The molecule has 1 unspecified atom stereocenters.